The van der Waals surface area contributed by atoms with E-state index in [1.807, 2.05) is 0 Å². The van der Waals surface area contributed by atoms with E-state index in [1.54, 1.807) is 7.11 Å². The van der Waals surface area contributed by atoms with Gasteiger partial charge in [-0.15, -0.1) is 0 Å². The molecule has 0 unspecified atom stereocenters. The molecule has 0 aromatic heterocycles. The summed E-state index contributed by atoms with van der Waals surface area (Å²) in [5, 5.41) is 0. The molecule has 0 amide bonds. The third-order valence-corrected chi connectivity index (χ3v) is 2.30. The zero-order valence-electron chi connectivity index (χ0n) is 9.25. The van der Waals surface area contributed by atoms with Crippen molar-refractivity contribution in [2.45, 2.75) is 13.8 Å². The van der Waals surface area contributed by atoms with Crippen LogP contribution in [0.2, 0.25) is 0 Å². The van der Waals surface area contributed by atoms with Gasteiger partial charge in [-0.1, -0.05) is 13.8 Å². The lowest BCUT2D eigenvalue weighted by molar-refractivity contribution is 0.0890. The minimum absolute atomic E-state index is 0.348. The molecule has 0 atom stereocenters. The topological polar surface area (TPSA) is 47.7 Å². The Morgan fingerprint density at radius 3 is 2.86 bits per heavy atom. The van der Waals surface area contributed by atoms with E-state index < -0.39 is 0 Å². The SMILES string of the molecule is COCCN1CCOC(C(C)C)=C1N. The van der Waals surface area contributed by atoms with Crippen molar-refractivity contribution in [3.63, 3.8) is 0 Å². The Balaban J connectivity index is 2.63. The second kappa shape index (κ2) is 5.10. The van der Waals surface area contributed by atoms with Crippen molar-refractivity contribution in [2.24, 2.45) is 11.7 Å². The van der Waals surface area contributed by atoms with Crippen LogP contribution in [0.25, 0.3) is 0 Å². The highest BCUT2D eigenvalue weighted by molar-refractivity contribution is 5.08. The van der Waals surface area contributed by atoms with E-state index in [1.165, 1.54) is 0 Å². The zero-order valence-corrected chi connectivity index (χ0v) is 9.25. The summed E-state index contributed by atoms with van der Waals surface area (Å²) >= 11 is 0. The standard InChI is InChI=1S/C10H20N2O2/c1-8(2)9-10(11)12(4-6-13-3)5-7-14-9/h8H,4-7,11H2,1-3H3. The van der Waals surface area contributed by atoms with Crippen molar-refractivity contribution < 1.29 is 9.47 Å². The molecule has 0 aromatic rings. The number of rotatable bonds is 4. The van der Waals surface area contributed by atoms with Crippen molar-refractivity contribution in [2.75, 3.05) is 33.4 Å². The number of nitrogens with two attached hydrogens (primary N) is 1. The van der Waals surface area contributed by atoms with Gasteiger partial charge in [0.25, 0.3) is 0 Å². The van der Waals surface area contributed by atoms with Crippen LogP contribution >= 0.6 is 0 Å². The fourth-order valence-corrected chi connectivity index (χ4v) is 1.51. The summed E-state index contributed by atoms with van der Waals surface area (Å²) < 4.78 is 10.6. The van der Waals surface area contributed by atoms with Crippen molar-refractivity contribution >= 4 is 0 Å². The Kier molecular flexibility index (Phi) is 4.07. The van der Waals surface area contributed by atoms with Crippen molar-refractivity contribution in [3.05, 3.63) is 11.6 Å². The first-order chi connectivity index (χ1) is 6.66. The molecule has 0 radical (unpaired) electrons. The van der Waals surface area contributed by atoms with Crippen LogP contribution in [0, 0.1) is 5.92 Å². The van der Waals surface area contributed by atoms with Crippen molar-refractivity contribution in [1.82, 2.24) is 4.90 Å². The molecule has 0 saturated carbocycles. The third-order valence-electron chi connectivity index (χ3n) is 2.30. The maximum atomic E-state index is 5.99. The lowest BCUT2D eigenvalue weighted by atomic mass is 10.1. The maximum Gasteiger partial charge on any atom is 0.138 e. The van der Waals surface area contributed by atoms with Gasteiger partial charge in [0, 0.05) is 19.6 Å². The van der Waals surface area contributed by atoms with E-state index in [2.05, 4.69) is 18.7 Å². The van der Waals surface area contributed by atoms with Crippen LogP contribution < -0.4 is 5.73 Å². The molecule has 4 heteroatoms. The molecular formula is C10H20N2O2. The van der Waals surface area contributed by atoms with Gasteiger partial charge in [-0.3, -0.25) is 0 Å². The summed E-state index contributed by atoms with van der Waals surface area (Å²) in [6.07, 6.45) is 0. The van der Waals surface area contributed by atoms with Crippen LogP contribution in [0.15, 0.2) is 11.6 Å². The van der Waals surface area contributed by atoms with Gasteiger partial charge in [0.2, 0.25) is 0 Å². The highest BCUT2D eigenvalue weighted by atomic mass is 16.5. The molecule has 0 aromatic carbocycles. The molecule has 4 nitrogen and oxygen atoms in total. The van der Waals surface area contributed by atoms with Gasteiger partial charge in [0.05, 0.1) is 13.2 Å². The molecule has 14 heavy (non-hydrogen) atoms. The summed E-state index contributed by atoms with van der Waals surface area (Å²) in [6, 6.07) is 0. The van der Waals surface area contributed by atoms with Crippen molar-refractivity contribution in [3.8, 4) is 0 Å². The van der Waals surface area contributed by atoms with Crippen LogP contribution in [-0.4, -0.2) is 38.3 Å². The van der Waals surface area contributed by atoms with Gasteiger partial charge in [-0.2, -0.15) is 0 Å². The van der Waals surface area contributed by atoms with Gasteiger partial charge in [0.1, 0.15) is 18.2 Å². The second-order valence-corrected chi connectivity index (χ2v) is 3.73. The number of hydrogen-bond donors (Lipinski definition) is 1. The number of nitrogens with zero attached hydrogens (tertiary/aromatic N) is 1. The monoisotopic (exact) mass is 200 g/mol. The predicted molar refractivity (Wildman–Crippen MR) is 55.5 cm³/mol. The summed E-state index contributed by atoms with van der Waals surface area (Å²) in [4.78, 5) is 2.11. The Labute approximate surface area is 85.7 Å². The predicted octanol–water partition coefficient (Wildman–Crippen LogP) is 0.749. The molecule has 2 N–H and O–H groups in total. The Morgan fingerprint density at radius 2 is 2.29 bits per heavy atom. The largest absolute Gasteiger partial charge is 0.492 e. The molecule has 1 heterocycles. The molecule has 1 aliphatic heterocycles. The van der Waals surface area contributed by atoms with E-state index in [-0.39, 0.29) is 0 Å². The summed E-state index contributed by atoms with van der Waals surface area (Å²) in [5.74, 6) is 2.02. The first kappa shape index (κ1) is 11.2. The quantitative estimate of drug-likeness (QED) is 0.727. The number of methoxy groups -OCH3 is 1. The molecule has 0 fully saturated rings. The van der Waals surface area contributed by atoms with E-state index in [4.69, 9.17) is 15.2 Å². The molecule has 0 spiro atoms. The van der Waals surface area contributed by atoms with Crippen molar-refractivity contribution in [1.29, 1.82) is 0 Å². The Morgan fingerprint density at radius 1 is 1.57 bits per heavy atom. The minimum Gasteiger partial charge on any atom is -0.492 e. The average Bonchev–Trinajstić information content (AvgIpc) is 2.16. The lowest BCUT2D eigenvalue weighted by Gasteiger charge is -2.32. The molecule has 0 aliphatic carbocycles. The molecule has 0 saturated heterocycles. The highest BCUT2D eigenvalue weighted by Crippen LogP contribution is 2.19. The van der Waals surface area contributed by atoms with Crippen LogP contribution in [0.3, 0.4) is 0 Å². The van der Waals surface area contributed by atoms with Gasteiger partial charge in [0.15, 0.2) is 0 Å². The number of ether oxygens (including phenoxy) is 2. The van der Waals surface area contributed by atoms with E-state index in [0.717, 1.165) is 31.3 Å². The minimum atomic E-state index is 0.348. The van der Waals surface area contributed by atoms with E-state index >= 15 is 0 Å². The molecule has 1 rings (SSSR count). The van der Waals surface area contributed by atoms with Crippen LogP contribution in [0.5, 0.6) is 0 Å². The lowest BCUT2D eigenvalue weighted by Crippen LogP contribution is -2.39. The zero-order chi connectivity index (χ0) is 10.6. The molecule has 1 aliphatic rings. The molecule has 0 bridgehead atoms. The molecular weight excluding hydrogens is 180 g/mol. The second-order valence-electron chi connectivity index (χ2n) is 3.73. The Bertz CT molecular complexity index is 214. The summed E-state index contributed by atoms with van der Waals surface area (Å²) in [5.41, 5.74) is 5.99. The first-order valence-corrected chi connectivity index (χ1v) is 5.03. The smallest absolute Gasteiger partial charge is 0.138 e. The fraction of sp³-hybridized carbons (Fsp3) is 0.800. The molecule has 82 valence electrons. The van der Waals surface area contributed by atoms with E-state index in [9.17, 15) is 0 Å². The maximum absolute atomic E-state index is 5.99. The van der Waals surface area contributed by atoms with Gasteiger partial charge < -0.3 is 20.1 Å². The van der Waals surface area contributed by atoms with Crippen LogP contribution in [0.1, 0.15) is 13.8 Å². The summed E-state index contributed by atoms with van der Waals surface area (Å²) in [7, 11) is 1.70. The van der Waals surface area contributed by atoms with E-state index in [0.29, 0.717) is 12.5 Å². The first-order valence-electron chi connectivity index (χ1n) is 5.03. The van der Waals surface area contributed by atoms with Crippen LogP contribution in [0.4, 0.5) is 0 Å². The van der Waals surface area contributed by atoms with Gasteiger partial charge >= 0.3 is 0 Å². The number of hydrogen-bond acceptors (Lipinski definition) is 4. The van der Waals surface area contributed by atoms with Crippen LogP contribution in [-0.2, 0) is 9.47 Å². The summed E-state index contributed by atoms with van der Waals surface area (Å²) in [6.45, 7) is 7.28. The Hall–Kier alpha value is -0.900. The number of allylic oxidation sites excluding steroid dienone is 1. The third kappa shape index (κ3) is 2.54. The highest BCUT2D eigenvalue weighted by Gasteiger charge is 2.20. The average molecular weight is 200 g/mol. The van der Waals surface area contributed by atoms with Gasteiger partial charge in [-0.25, -0.2) is 0 Å². The normalized spacial score (nSPS) is 17.6. The fourth-order valence-electron chi connectivity index (χ4n) is 1.51. The van der Waals surface area contributed by atoms with Gasteiger partial charge in [-0.05, 0) is 0 Å².